The fraction of sp³-hybridized carbons (Fsp3) is 0.308. The minimum absolute atomic E-state index is 0.501. The van der Waals surface area contributed by atoms with E-state index in [0.29, 0.717) is 11.4 Å². The quantitative estimate of drug-likeness (QED) is 0.713. The van der Waals surface area contributed by atoms with Crippen LogP contribution in [0.4, 0.5) is 0 Å². The molecule has 2 nitrogen and oxygen atoms in total. The third-order valence-electron chi connectivity index (χ3n) is 2.03. The van der Waals surface area contributed by atoms with Crippen LogP contribution in [0.25, 0.3) is 0 Å². The van der Waals surface area contributed by atoms with Crippen molar-refractivity contribution in [2.75, 3.05) is 0 Å². The monoisotopic (exact) mass is 204 g/mol. The Morgan fingerprint density at radius 3 is 1.93 bits per heavy atom. The zero-order chi connectivity index (χ0) is 11.8. The van der Waals surface area contributed by atoms with E-state index in [4.69, 9.17) is 11.1 Å². The number of nitrogens with one attached hydrogen (secondary N) is 1. The van der Waals surface area contributed by atoms with E-state index < -0.39 is 0 Å². The summed E-state index contributed by atoms with van der Waals surface area (Å²) in [6.07, 6.45) is 0. The minimum atomic E-state index is 0.501. The van der Waals surface area contributed by atoms with Crippen molar-refractivity contribution >= 4 is 5.71 Å². The zero-order valence-corrected chi connectivity index (χ0v) is 9.96. The van der Waals surface area contributed by atoms with Crippen molar-refractivity contribution in [1.82, 2.24) is 0 Å². The standard InChI is InChI=1S/C11H14N2.C2H6/c1-8(9(2)12)11(13)10-6-4-3-5-7-10;1-2/h3-7,13H,12H2,1-2H3;1-2H3/b9-8-,13-11?;. The molecular formula is C13H20N2. The van der Waals surface area contributed by atoms with Crippen molar-refractivity contribution in [3.63, 3.8) is 0 Å². The lowest BCUT2D eigenvalue weighted by atomic mass is 10.0. The van der Waals surface area contributed by atoms with Gasteiger partial charge in [0.1, 0.15) is 0 Å². The van der Waals surface area contributed by atoms with Crippen molar-refractivity contribution in [2.45, 2.75) is 27.7 Å². The third kappa shape index (κ3) is 3.98. The first-order valence-corrected chi connectivity index (χ1v) is 5.20. The summed E-state index contributed by atoms with van der Waals surface area (Å²) in [6.45, 7) is 7.68. The topological polar surface area (TPSA) is 49.9 Å². The molecular weight excluding hydrogens is 184 g/mol. The van der Waals surface area contributed by atoms with Crippen LogP contribution >= 0.6 is 0 Å². The Bertz CT molecular complexity index is 333. The van der Waals surface area contributed by atoms with Crippen LogP contribution in [0.3, 0.4) is 0 Å². The zero-order valence-electron chi connectivity index (χ0n) is 9.96. The third-order valence-corrected chi connectivity index (χ3v) is 2.03. The van der Waals surface area contributed by atoms with Gasteiger partial charge < -0.3 is 5.73 Å². The number of hydrogen-bond acceptors (Lipinski definition) is 2. The number of allylic oxidation sites excluding steroid dienone is 2. The van der Waals surface area contributed by atoms with Gasteiger partial charge in [0.15, 0.2) is 0 Å². The Labute approximate surface area is 92.3 Å². The molecule has 1 rings (SSSR count). The number of benzene rings is 1. The normalized spacial score (nSPS) is 10.9. The molecule has 1 aromatic rings. The van der Waals surface area contributed by atoms with Gasteiger partial charge in [-0.15, -0.1) is 0 Å². The van der Waals surface area contributed by atoms with E-state index in [1.54, 1.807) is 0 Å². The lowest BCUT2D eigenvalue weighted by Crippen LogP contribution is -2.06. The number of nitrogens with two attached hydrogens (primary N) is 1. The van der Waals surface area contributed by atoms with E-state index >= 15 is 0 Å². The van der Waals surface area contributed by atoms with Gasteiger partial charge in [-0.05, 0) is 25.0 Å². The lowest BCUT2D eigenvalue weighted by molar-refractivity contribution is 1.24. The Hall–Kier alpha value is -1.57. The molecule has 1 aromatic carbocycles. The average molecular weight is 204 g/mol. The molecule has 0 radical (unpaired) electrons. The van der Waals surface area contributed by atoms with E-state index in [1.807, 2.05) is 58.0 Å². The maximum absolute atomic E-state index is 7.83. The van der Waals surface area contributed by atoms with Gasteiger partial charge in [0.25, 0.3) is 0 Å². The van der Waals surface area contributed by atoms with Crippen LogP contribution in [0.2, 0.25) is 0 Å². The molecule has 0 heterocycles. The van der Waals surface area contributed by atoms with Crippen molar-refractivity contribution in [3.8, 4) is 0 Å². The number of hydrogen-bond donors (Lipinski definition) is 2. The average Bonchev–Trinajstić information content (AvgIpc) is 2.31. The highest BCUT2D eigenvalue weighted by Crippen LogP contribution is 2.08. The number of rotatable bonds is 2. The smallest absolute Gasteiger partial charge is 0.0658 e. The van der Waals surface area contributed by atoms with Crippen molar-refractivity contribution in [3.05, 3.63) is 47.2 Å². The summed E-state index contributed by atoms with van der Waals surface area (Å²) >= 11 is 0. The molecule has 2 heteroatoms. The molecule has 0 atom stereocenters. The molecule has 0 fully saturated rings. The lowest BCUT2D eigenvalue weighted by Gasteiger charge is -2.05. The fourth-order valence-corrected chi connectivity index (χ4v) is 1.02. The fourth-order valence-electron chi connectivity index (χ4n) is 1.02. The molecule has 15 heavy (non-hydrogen) atoms. The summed E-state index contributed by atoms with van der Waals surface area (Å²) in [7, 11) is 0. The molecule has 0 bridgehead atoms. The molecule has 0 saturated heterocycles. The SMILES string of the molecule is C/C(N)=C(\C)C(=N)c1ccccc1.CC. The van der Waals surface area contributed by atoms with Crippen LogP contribution in [0, 0.1) is 5.41 Å². The highest BCUT2D eigenvalue weighted by molar-refractivity contribution is 6.10. The first-order valence-electron chi connectivity index (χ1n) is 5.20. The predicted octanol–water partition coefficient (Wildman–Crippen LogP) is 3.33. The molecule has 3 N–H and O–H groups in total. The molecule has 0 aromatic heterocycles. The Morgan fingerprint density at radius 1 is 1.07 bits per heavy atom. The van der Waals surface area contributed by atoms with Crippen molar-refractivity contribution < 1.29 is 0 Å². The summed E-state index contributed by atoms with van der Waals surface area (Å²) in [5.41, 5.74) is 8.56. The van der Waals surface area contributed by atoms with Crippen molar-refractivity contribution in [1.29, 1.82) is 5.41 Å². The maximum atomic E-state index is 7.83. The second-order valence-corrected chi connectivity index (χ2v) is 3.05. The van der Waals surface area contributed by atoms with Gasteiger partial charge in [0.2, 0.25) is 0 Å². The summed E-state index contributed by atoms with van der Waals surface area (Å²) in [4.78, 5) is 0. The molecule has 82 valence electrons. The van der Waals surface area contributed by atoms with Gasteiger partial charge in [0.05, 0.1) is 5.71 Å². The highest BCUT2D eigenvalue weighted by Gasteiger charge is 2.03. The Kier molecular flexibility index (Phi) is 6.11. The van der Waals surface area contributed by atoms with Crippen LogP contribution in [0.15, 0.2) is 41.6 Å². The van der Waals surface area contributed by atoms with E-state index in [-0.39, 0.29) is 0 Å². The van der Waals surface area contributed by atoms with E-state index in [1.165, 1.54) is 0 Å². The van der Waals surface area contributed by atoms with Crippen LogP contribution < -0.4 is 5.73 Å². The molecule has 0 aliphatic rings. The van der Waals surface area contributed by atoms with Crippen LogP contribution in [0.5, 0.6) is 0 Å². The largest absolute Gasteiger partial charge is 0.402 e. The maximum Gasteiger partial charge on any atom is 0.0658 e. The summed E-state index contributed by atoms with van der Waals surface area (Å²) in [5, 5.41) is 7.83. The first-order chi connectivity index (χ1) is 7.13. The molecule has 0 aliphatic heterocycles. The summed E-state index contributed by atoms with van der Waals surface area (Å²) in [5.74, 6) is 0. The highest BCUT2D eigenvalue weighted by atomic mass is 14.6. The van der Waals surface area contributed by atoms with Crippen LogP contribution in [0.1, 0.15) is 33.3 Å². The first kappa shape index (κ1) is 13.4. The van der Waals surface area contributed by atoms with Gasteiger partial charge in [-0.3, -0.25) is 5.41 Å². The van der Waals surface area contributed by atoms with E-state index in [9.17, 15) is 0 Å². The molecule has 0 amide bonds. The molecule has 0 spiro atoms. The Balaban J connectivity index is 0.000000921. The van der Waals surface area contributed by atoms with E-state index in [0.717, 1.165) is 11.1 Å². The second-order valence-electron chi connectivity index (χ2n) is 3.05. The van der Waals surface area contributed by atoms with Gasteiger partial charge >= 0.3 is 0 Å². The Morgan fingerprint density at radius 2 is 1.53 bits per heavy atom. The van der Waals surface area contributed by atoms with Crippen LogP contribution in [-0.2, 0) is 0 Å². The van der Waals surface area contributed by atoms with Gasteiger partial charge in [-0.2, -0.15) is 0 Å². The van der Waals surface area contributed by atoms with E-state index in [2.05, 4.69) is 0 Å². The molecule has 0 unspecified atom stereocenters. The predicted molar refractivity (Wildman–Crippen MR) is 67.2 cm³/mol. The molecule has 0 aliphatic carbocycles. The second kappa shape index (κ2) is 6.82. The molecule has 0 saturated carbocycles. The van der Waals surface area contributed by atoms with Crippen LogP contribution in [-0.4, -0.2) is 5.71 Å². The summed E-state index contributed by atoms with van der Waals surface area (Å²) in [6, 6.07) is 9.60. The van der Waals surface area contributed by atoms with Gasteiger partial charge in [-0.25, -0.2) is 0 Å². The summed E-state index contributed by atoms with van der Waals surface area (Å²) < 4.78 is 0. The van der Waals surface area contributed by atoms with Gasteiger partial charge in [-0.1, -0.05) is 44.2 Å². The minimum Gasteiger partial charge on any atom is -0.402 e. The van der Waals surface area contributed by atoms with Gasteiger partial charge in [0, 0.05) is 5.70 Å². The van der Waals surface area contributed by atoms with Crippen molar-refractivity contribution in [2.24, 2.45) is 5.73 Å².